The summed E-state index contributed by atoms with van der Waals surface area (Å²) >= 11 is 0. The number of hydrogen-bond acceptors (Lipinski definition) is 6. The fourth-order valence-electron chi connectivity index (χ4n) is 4.30. The number of anilines is 2. The van der Waals surface area contributed by atoms with Crippen LogP contribution >= 0.6 is 0 Å². The van der Waals surface area contributed by atoms with Gasteiger partial charge in [0.15, 0.2) is 0 Å². The molecule has 1 saturated heterocycles. The van der Waals surface area contributed by atoms with Crippen molar-refractivity contribution in [3.8, 4) is 5.75 Å². The van der Waals surface area contributed by atoms with Gasteiger partial charge in [0, 0.05) is 49.2 Å². The van der Waals surface area contributed by atoms with Gasteiger partial charge in [0.25, 0.3) is 5.69 Å². The van der Waals surface area contributed by atoms with Gasteiger partial charge in [0.2, 0.25) is 5.91 Å². The lowest BCUT2D eigenvalue weighted by molar-refractivity contribution is -0.384. The minimum absolute atomic E-state index is 0.0216. The molecule has 2 atom stereocenters. The number of hydrogen-bond donors (Lipinski definition) is 1. The highest BCUT2D eigenvalue weighted by Gasteiger charge is 2.41. The Labute approximate surface area is 169 Å². The lowest BCUT2D eigenvalue weighted by Gasteiger charge is -2.48. The van der Waals surface area contributed by atoms with E-state index in [-0.39, 0.29) is 28.5 Å². The van der Waals surface area contributed by atoms with E-state index in [9.17, 15) is 14.9 Å². The number of carbonyl (C=O) groups excluding carboxylic acids is 1. The van der Waals surface area contributed by atoms with Crippen LogP contribution in [0, 0.1) is 16.0 Å². The number of carbonyl (C=O) groups is 1. The first kappa shape index (κ1) is 19.2. The number of amides is 1. The van der Waals surface area contributed by atoms with Crippen LogP contribution in [0.3, 0.4) is 0 Å². The largest absolute Gasteiger partial charge is 0.497 e. The molecular weight excluding hydrogens is 372 g/mol. The van der Waals surface area contributed by atoms with Crippen LogP contribution in [0.2, 0.25) is 0 Å². The number of nitrogens with zero attached hydrogens (tertiary/aromatic N) is 3. The molecule has 2 aromatic rings. The molecule has 8 nitrogen and oxygen atoms in total. The lowest BCUT2D eigenvalue weighted by atomic mass is 9.83. The lowest BCUT2D eigenvalue weighted by Crippen LogP contribution is -2.59. The highest BCUT2D eigenvalue weighted by molar-refractivity contribution is 5.94. The van der Waals surface area contributed by atoms with E-state index in [0.29, 0.717) is 17.9 Å². The maximum atomic E-state index is 13.2. The average molecular weight is 396 g/mol. The smallest absolute Gasteiger partial charge is 0.269 e. The zero-order chi connectivity index (χ0) is 20.5. The first-order valence-electron chi connectivity index (χ1n) is 9.63. The fourth-order valence-corrected chi connectivity index (χ4v) is 4.30. The second kappa shape index (κ2) is 7.71. The van der Waals surface area contributed by atoms with Gasteiger partial charge < -0.3 is 19.9 Å². The van der Waals surface area contributed by atoms with Gasteiger partial charge in [-0.25, -0.2) is 0 Å². The maximum absolute atomic E-state index is 13.2. The van der Waals surface area contributed by atoms with Gasteiger partial charge >= 0.3 is 0 Å². The fraction of sp³-hybridized carbons (Fsp3) is 0.381. The van der Waals surface area contributed by atoms with Crippen LogP contribution in [0.5, 0.6) is 5.75 Å². The first-order valence-corrected chi connectivity index (χ1v) is 9.63. The molecule has 0 radical (unpaired) electrons. The van der Waals surface area contributed by atoms with E-state index in [1.54, 1.807) is 25.3 Å². The van der Waals surface area contributed by atoms with Crippen LogP contribution < -0.4 is 15.0 Å². The summed E-state index contributed by atoms with van der Waals surface area (Å²) in [4.78, 5) is 28.5. The number of rotatable bonds is 4. The molecule has 2 aromatic carbocycles. The number of benzene rings is 2. The Morgan fingerprint density at radius 2 is 2.07 bits per heavy atom. The number of non-ortho nitro benzene ring substituents is 1. The van der Waals surface area contributed by atoms with E-state index in [4.69, 9.17) is 4.74 Å². The van der Waals surface area contributed by atoms with Gasteiger partial charge in [-0.1, -0.05) is 6.07 Å². The summed E-state index contributed by atoms with van der Waals surface area (Å²) in [6, 6.07) is 12.3. The van der Waals surface area contributed by atoms with Crippen molar-refractivity contribution >= 4 is 23.0 Å². The molecule has 1 N–H and O–H groups in total. The van der Waals surface area contributed by atoms with Crippen LogP contribution in [-0.2, 0) is 11.2 Å². The van der Waals surface area contributed by atoms with Gasteiger partial charge in [-0.3, -0.25) is 14.9 Å². The summed E-state index contributed by atoms with van der Waals surface area (Å²) in [6.07, 6.45) is 0.474. The molecule has 2 unspecified atom stereocenters. The maximum Gasteiger partial charge on any atom is 0.269 e. The highest BCUT2D eigenvalue weighted by atomic mass is 16.6. The number of nitrogens with one attached hydrogen (secondary N) is 1. The predicted molar refractivity (Wildman–Crippen MR) is 111 cm³/mol. The Hall–Kier alpha value is -3.13. The molecule has 0 bridgehead atoms. The number of fused-ring (bicyclic) bond motifs is 3. The third kappa shape index (κ3) is 3.75. The molecule has 29 heavy (non-hydrogen) atoms. The van der Waals surface area contributed by atoms with E-state index in [1.807, 2.05) is 24.3 Å². The van der Waals surface area contributed by atoms with Crippen molar-refractivity contribution < 1.29 is 14.5 Å². The van der Waals surface area contributed by atoms with Crippen LogP contribution in [0.25, 0.3) is 0 Å². The van der Waals surface area contributed by atoms with E-state index in [1.165, 1.54) is 0 Å². The van der Waals surface area contributed by atoms with Gasteiger partial charge in [0.05, 0.1) is 24.0 Å². The van der Waals surface area contributed by atoms with Crippen LogP contribution in [0.4, 0.5) is 17.1 Å². The summed E-state index contributed by atoms with van der Waals surface area (Å²) in [5.74, 6) is 0.283. The Bertz CT molecular complexity index is 948. The molecule has 0 aromatic heterocycles. The van der Waals surface area contributed by atoms with E-state index < -0.39 is 0 Å². The monoisotopic (exact) mass is 396 g/mol. The number of likely N-dealkylation sites (N-methyl/N-ethyl adjacent to an activating group) is 1. The molecule has 0 aliphatic carbocycles. The summed E-state index contributed by atoms with van der Waals surface area (Å²) in [6.45, 7) is 2.44. The second-order valence-electron chi connectivity index (χ2n) is 7.62. The minimum atomic E-state index is -0.387. The zero-order valence-electron chi connectivity index (χ0n) is 16.5. The standard InChI is InChI=1S/C21H24N4O4/c1-23-8-9-24-19-7-6-16(25(27)28)10-14(19)11-18(20(24)13-23)21(26)22-15-4-3-5-17(12-15)29-2/h3-7,10,12,18,20H,8-9,11,13H2,1-2H3,(H,22,26). The number of nitro groups is 1. The molecule has 8 heteroatoms. The predicted octanol–water partition coefficient (Wildman–Crippen LogP) is 2.53. The number of methoxy groups -OCH3 is 1. The van der Waals surface area contributed by atoms with Crippen molar-refractivity contribution in [2.75, 3.05) is 44.0 Å². The van der Waals surface area contributed by atoms with E-state index in [0.717, 1.165) is 30.9 Å². The molecule has 152 valence electrons. The second-order valence-corrected chi connectivity index (χ2v) is 7.62. The van der Waals surface area contributed by atoms with Crippen molar-refractivity contribution in [2.45, 2.75) is 12.5 Å². The SMILES string of the molecule is COc1cccc(NC(=O)C2Cc3cc([N+](=O)[O-])ccc3N3CCN(C)CC23)c1. The zero-order valence-corrected chi connectivity index (χ0v) is 16.5. The molecule has 1 fully saturated rings. The Balaban J connectivity index is 1.65. The summed E-state index contributed by atoms with van der Waals surface area (Å²) in [5.41, 5.74) is 2.59. The van der Waals surface area contributed by atoms with Crippen molar-refractivity contribution in [1.82, 2.24) is 4.90 Å². The topological polar surface area (TPSA) is 87.9 Å². The summed E-state index contributed by atoms with van der Waals surface area (Å²) in [7, 11) is 3.64. The Morgan fingerprint density at radius 1 is 1.24 bits per heavy atom. The molecule has 2 aliphatic heterocycles. The van der Waals surface area contributed by atoms with E-state index in [2.05, 4.69) is 22.2 Å². The summed E-state index contributed by atoms with van der Waals surface area (Å²) in [5, 5.41) is 14.2. The first-order chi connectivity index (χ1) is 14.0. The van der Waals surface area contributed by atoms with Gasteiger partial charge in [-0.2, -0.15) is 0 Å². The third-order valence-corrected chi connectivity index (χ3v) is 5.78. The molecular formula is C21H24N4O4. The average Bonchev–Trinajstić information content (AvgIpc) is 2.72. The van der Waals surface area contributed by atoms with Crippen LogP contribution in [0.1, 0.15) is 5.56 Å². The van der Waals surface area contributed by atoms with Gasteiger partial charge in [-0.15, -0.1) is 0 Å². The Morgan fingerprint density at radius 3 is 2.83 bits per heavy atom. The third-order valence-electron chi connectivity index (χ3n) is 5.78. The van der Waals surface area contributed by atoms with Crippen LogP contribution in [0.15, 0.2) is 42.5 Å². The van der Waals surface area contributed by atoms with Gasteiger partial charge in [-0.05, 0) is 37.2 Å². The Kier molecular flexibility index (Phi) is 5.10. The van der Waals surface area contributed by atoms with Crippen molar-refractivity contribution in [3.05, 3.63) is 58.1 Å². The quantitative estimate of drug-likeness (QED) is 0.631. The molecule has 1 amide bonds. The van der Waals surface area contributed by atoms with Crippen molar-refractivity contribution in [2.24, 2.45) is 5.92 Å². The molecule has 0 spiro atoms. The molecule has 2 aliphatic rings. The molecule has 0 saturated carbocycles. The minimum Gasteiger partial charge on any atom is -0.497 e. The molecule has 4 rings (SSSR count). The van der Waals surface area contributed by atoms with Crippen LogP contribution in [-0.4, -0.2) is 55.6 Å². The molecule has 2 heterocycles. The van der Waals surface area contributed by atoms with E-state index >= 15 is 0 Å². The number of nitro benzene ring substituents is 1. The normalized spacial score (nSPS) is 21.1. The number of ether oxygens (including phenoxy) is 1. The number of piperazine rings is 1. The van der Waals surface area contributed by atoms with Crippen molar-refractivity contribution in [1.29, 1.82) is 0 Å². The summed E-state index contributed by atoms with van der Waals surface area (Å²) < 4.78 is 5.23. The van der Waals surface area contributed by atoms with Crippen molar-refractivity contribution in [3.63, 3.8) is 0 Å². The van der Waals surface area contributed by atoms with Gasteiger partial charge in [0.1, 0.15) is 5.75 Å². The highest BCUT2D eigenvalue weighted by Crippen LogP contribution is 2.38.